The molecule has 10 nitrogen and oxygen atoms in total. The first-order valence-corrected chi connectivity index (χ1v) is 20.8. The number of hydrogen-bond acceptors (Lipinski definition) is 10. The van der Waals surface area contributed by atoms with Gasteiger partial charge < -0.3 is 25.4 Å². The molecule has 2 aliphatic heterocycles. The van der Waals surface area contributed by atoms with Crippen LogP contribution in [0.1, 0.15) is 117 Å². The number of aryl methyl sites for hydroxylation is 4. The molecule has 3 N–H and O–H groups in total. The number of carbonyl (C=O) groups is 2. The third-order valence-corrected chi connectivity index (χ3v) is 13.2. The van der Waals surface area contributed by atoms with Crippen molar-refractivity contribution >= 4 is 23.6 Å². The van der Waals surface area contributed by atoms with E-state index in [2.05, 4.69) is 45.2 Å². The van der Waals surface area contributed by atoms with E-state index < -0.39 is 5.97 Å². The van der Waals surface area contributed by atoms with Gasteiger partial charge in [-0.05, 0) is 161 Å². The molecule has 1 atom stereocenters. The van der Waals surface area contributed by atoms with Gasteiger partial charge in [0.25, 0.3) is 0 Å². The summed E-state index contributed by atoms with van der Waals surface area (Å²) in [5, 5.41) is 10.6. The number of esters is 2. The highest BCUT2D eigenvalue weighted by molar-refractivity contribution is 5.85. The minimum atomic E-state index is -0.430. The summed E-state index contributed by atoms with van der Waals surface area (Å²) in [6.07, 6.45) is 18.9. The number of nitrogens with zero attached hydrogens (tertiary/aromatic N) is 3. The molecule has 54 heavy (non-hydrogen) atoms. The molecule has 3 aliphatic carbocycles. The molecule has 3 aromatic rings. The first kappa shape index (κ1) is 36.9. The van der Waals surface area contributed by atoms with Gasteiger partial charge in [-0.25, -0.2) is 15.0 Å². The molecule has 0 amide bonds. The van der Waals surface area contributed by atoms with Gasteiger partial charge in [-0.1, -0.05) is 18.2 Å². The quantitative estimate of drug-likeness (QED) is 0.0781. The third-order valence-electron chi connectivity index (χ3n) is 13.2. The molecular formula is C44H58N6O4. The molecule has 3 saturated carbocycles. The second-order valence-corrected chi connectivity index (χ2v) is 17.1. The van der Waals surface area contributed by atoms with Gasteiger partial charge in [0, 0.05) is 49.2 Å². The molecule has 3 aromatic heterocycles. The SMILES string of the molecule is COc1ccc(C(CC(=O)OC(=O)CCC2CC3(C2)CC(CCc2ccc4c(n2)NCCC4)C3)C2CC(NCCCc3ccc4c(n3)NCCC4)C2)cn1. The van der Waals surface area contributed by atoms with Gasteiger partial charge in [0.05, 0.1) is 13.5 Å². The summed E-state index contributed by atoms with van der Waals surface area (Å²) in [6.45, 7) is 2.97. The predicted octanol–water partition coefficient (Wildman–Crippen LogP) is 7.36. The van der Waals surface area contributed by atoms with Crippen LogP contribution in [0.5, 0.6) is 5.88 Å². The van der Waals surface area contributed by atoms with E-state index in [4.69, 9.17) is 19.4 Å². The van der Waals surface area contributed by atoms with E-state index in [0.29, 0.717) is 35.6 Å². The molecule has 3 fully saturated rings. The second-order valence-electron chi connectivity index (χ2n) is 17.1. The topological polar surface area (TPSA) is 127 Å². The van der Waals surface area contributed by atoms with E-state index >= 15 is 0 Å². The van der Waals surface area contributed by atoms with Crippen molar-refractivity contribution in [3.63, 3.8) is 0 Å². The molecule has 5 heterocycles. The lowest BCUT2D eigenvalue weighted by Gasteiger charge is -2.58. The number of anilines is 2. The maximum absolute atomic E-state index is 13.2. The van der Waals surface area contributed by atoms with Crippen molar-refractivity contribution in [3.8, 4) is 5.88 Å². The Morgan fingerprint density at radius 2 is 1.52 bits per heavy atom. The maximum atomic E-state index is 13.2. The minimum Gasteiger partial charge on any atom is -0.481 e. The summed E-state index contributed by atoms with van der Waals surface area (Å²) in [5.41, 5.74) is 6.51. The van der Waals surface area contributed by atoms with Crippen molar-refractivity contribution in [2.45, 2.75) is 121 Å². The number of nitrogens with one attached hydrogen (secondary N) is 3. The van der Waals surface area contributed by atoms with Crippen LogP contribution < -0.4 is 20.7 Å². The summed E-state index contributed by atoms with van der Waals surface area (Å²) in [6, 6.07) is 13.1. The van der Waals surface area contributed by atoms with Crippen LogP contribution >= 0.6 is 0 Å². The van der Waals surface area contributed by atoms with Crippen molar-refractivity contribution in [1.82, 2.24) is 20.3 Å². The Morgan fingerprint density at radius 1 is 0.852 bits per heavy atom. The van der Waals surface area contributed by atoms with Crippen LogP contribution in [0.2, 0.25) is 0 Å². The van der Waals surface area contributed by atoms with Crippen molar-refractivity contribution in [3.05, 3.63) is 70.7 Å². The Labute approximate surface area is 320 Å². The van der Waals surface area contributed by atoms with E-state index in [0.717, 1.165) is 99.8 Å². The van der Waals surface area contributed by atoms with Gasteiger partial charge >= 0.3 is 11.9 Å². The first-order valence-electron chi connectivity index (χ1n) is 20.8. The van der Waals surface area contributed by atoms with Crippen LogP contribution in [0.15, 0.2) is 42.6 Å². The smallest absolute Gasteiger partial charge is 0.314 e. The molecule has 0 aromatic carbocycles. The van der Waals surface area contributed by atoms with Crippen LogP contribution in [0.4, 0.5) is 11.6 Å². The Hall–Kier alpha value is -4.05. The number of pyridine rings is 3. The Balaban J connectivity index is 0.732. The van der Waals surface area contributed by atoms with Crippen molar-refractivity contribution in [1.29, 1.82) is 0 Å². The average molecular weight is 735 g/mol. The molecule has 0 radical (unpaired) electrons. The predicted molar refractivity (Wildman–Crippen MR) is 210 cm³/mol. The van der Waals surface area contributed by atoms with Crippen LogP contribution in [0.25, 0.3) is 0 Å². The summed E-state index contributed by atoms with van der Waals surface area (Å²) in [7, 11) is 1.60. The van der Waals surface area contributed by atoms with Crippen LogP contribution in [0, 0.1) is 23.2 Å². The molecular weight excluding hydrogens is 677 g/mol. The molecule has 10 heteroatoms. The number of rotatable bonds is 16. The van der Waals surface area contributed by atoms with Gasteiger partial charge in [0.2, 0.25) is 5.88 Å². The molecule has 0 saturated heterocycles. The fraction of sp³-hybridized carbons (Fsp3) is 0.614. The molecule has 288 valence electrons. The summed E-state index contributed by atoms with van der Waals surface area (Å²) >= 11 is 0. The zero-order chi connectivity index (χ0) is 36.9. The lowest BCUT2D eigenvalue weighted by atomic mass is 9.47. The highest BCUT2D eigenvalue weighted by Crippen LogP contribution is 2.63. The fourth-order valence-electron chi connectivity index (χ4n) is 10.2. The lowest BCUT2D eigenvalue weighted by molar-refractivity contribution is -0.161. The Morgan fingerprint density at radius 3 is 2.17 bits per heavy atom. The second kappa shape index (κ2) is 16.8. The number of carbonyl (C=O) groups excluding carboxylic acids is 2. The van der Waals surface area contributed by atoms with Crippen LogP contribution in [0.3, 0.4) is 0 Å². The largest absolute Gasteiger partial charge is 0.481 e. The first-order chi connectivity index (χ1) is 26.4. The van der Waals surface area contributed by atoms with E-state index in [1.165, 1.54) is 61.8 Å². The zero-order valence-electron chi connectivity index (χ0n) is 32.0. The summed E-state index contributed by atoms with van der Waals surface area (Å²) in [4.78, 5) is 40.1. The van der Waals surface area contributed by atoms with Gasteiger partial charge in [0.15, 0.2) is 0 Å². The highest BCUT2D eigenvalue weighted by Gasteiger charge is 2.52. The molecule has 1 spiro atoms. The van der Waals surface area contributed by atoms with E-state index in [1.54, 1.807) is 13.3 Å². The third kappa shape index (κ3) is 8.90. The normalized spacial score (nSPS) is 25.7. The number of methoxy groups -OCH3 is 1. The monoisotopic (exact) mass is 734 g/mol. The Bertz CT molecular complexity index is 1760. The lowest BCUT2D eigenvalue weighted by Crippen LogP contribution is -2.47. The number of ether oxygens (including phenoxy) is 2. The molecule has 1 unspecified atom stereocenters. The summed E-state index contributed by atoms with van der Waals surface area (Å²) in [5.74, 6) is 3.50. The van der Waals surface area contributed by atoms with Gasteiger partial charge in [-0.2, -0.15) is 0 Å². The van der Waals surface area contributed by atoms with Crippen molar-refractivity contribution in [2.24, 2.45) is 23.2 Å². The van der Waals surface area contributed by atoms with E-state index in [1.807, 2.05) is 12.1 Å². The van der Waals surface area contributed by atoms with Gasteiger partial charge in [-0.3, -0.25) is 9.59 Å². The molecule has 8 rings (SSSR count). The zero-order valence-corrected chi connectivity index (χ0v) is 32.0. The van der Waals surface area contributed by atoms with Crippen LogP contribution in [-0.4, -0.2) is 59.7 Å². The van der Waals surface area contributed by atoms with Crippen LogP contribution in [-0.2, 0) is 40.0 Å². The average Bonchev–Trinajstić information content (AvgIpc) is 3.14. The number of fused-ring (bicyclic) bond motifs is 2. The Kier molecular flexibility index (Phi) is 11.5. The standard InChI is InChI=1S/C44H58N6O4/c1-53-39-16-12-33(28-48-39)38(34-21-37(22-34)45-18-4-7-35-14-10-31-5-2-19-46-42(31)49-35)23-41(52)54-40(51)17-9-30-26-44(27-30)24-29(25-44)8-13-36-15-11-32-6-3-20-47-43(32)50-36/h10-12,14-16,28-30,34,37-38,45H,2-9,13,17-27H2,1H3,(H,46,49)(H,47,50). The van der Waals surface area contributed by atoms with E-state index in [-0.39, 0.29) is 18.3 Å². The van der Waals surface area contributed by atoms with Crippen molar-refractivity contribution in [2.75, 3.05) is 37.4 Å². The highest BCUT2D eigenvalue weighted by atomic mass is 16.6. The number of aromatic nitrogens is 3. The van der Waals surface area contributed by atoms with Gasteiger partial charge in [-0.15, -0.1) is 0 Å². The minimum absolute atomic E-state index is 0.0494. The number of hydrogen-bond donors (Lipinski definition) is 3. The van der Waals surface area contributed by atoms with Gasteiger partial charge in [0.1, 0.15) is 11.6 Å². The summed E-state index contributed by atoms with van der Waals surface area (Å²) < 4.78 is 10.7. The molecule has 5 aliphatic rings. The van der Waals surface area contributed by atoms with Crippen molar-refractivity contribution < 1.29 is 19.1 Å². The molecule has 0 bridgehead atoms. The van der Waals surface area contributed by atoms with E-state index in [9.17, 15) is 9.59 Å². The fourth-order valence-corrected chi connectivity index (χ4v) is 10.2. The maximum Gasteiger partial charge on any atom is 0.314 e.